The van der Waals surface area contributed by atoms with Crippen LogP contribution in [0, 0.1) is 0 Å². The van der Waals surface area contributed by atoms with Crippen LogP contribution in [-0.2, 0) is 12.8 Å². The zero-order valence-corrected chi connectivity index (χ0v) is 11.7. The normalized spacial score (nSPS) is 10.7. The van der Waals surface area contributed by atoms with Gasteiger partial charge in [-0.25, -0.2) is 4.98 Å². The number of nitrogens with two attached hydrogens (primary N) is 1. The number of aromatic nitrogens is 3. The fraction of sp³-hybridized carbons (Fsp3) is 0.154. The second kappa shape index (κ2) is 5.46. The Morgan fingerprint density at radius 2 is 1.84 bits per heavy atom. The van der Waals surface area contributed by atoms with Crippen LogP contribution in [0.3, 0.4) is 0 Å². The summed E-state index contributed by atoms with van der Waals surface area (Å²) in [7, 11) is 0. The molecule has 0 unspecified atom stereocenters. The molecule has 96 valence electrons. The molecule has 2 heterocycles. The summed E-state index contributed by atoms with van der Waals surface area (Å²) in [5.74, 6) is 0. The number of thiazole rings is 1. The molecular formula is C13H12N4S2. The van der Waals surface area contributed by atoms with E-state index in [0.717, 1.165) is 27.7 Å². The van der Waals surface area contributed by atoms with Gasteiger partial charge < -0.3 is 5.73 Å². The van der Waals surface area contributed by atoms with E-state index in [1.165, 1.54) is 16.9 Å². The molecule has 2 aromatic heterocycles. The average Bonchev–Trinajstić information content (AvgIpc) is 3.06. The molecule has 0 aliphatic carbocycles. The van der Waals surface area contributed by atoms with E-state index in [-0.39, 0.29) is 0 Å². The van der Waals surface area contributed by atoms with Crippen LogP contribution in [0.2, 0.25) is 0 Å². The Morgan fingerprint density at radius 3 is 2.58 bits per heavy atom. The minimum atomic E-state index is 0.495. The summed E-state index contributed by atoms with van der Waals surface area (Å²) in [6.45, 7) is 0. The van der Waals surface area contributed by atoms with Gasteiger partial charge in [-0.1, -0.05) is 41.7 Å². The van der Waals surface area contributed by atoms with Gasteiger partial charge in [-0.15, -0.1) is 21.5 Å². The number of hydrogen-bond donors (Lipinski definition) is 1. The van der Waals surface area contributed by atoms with E-state index in [2.05, 4.69) is 39.4 Å². The van der Waals surface area contributed by atoms with Crippen LogP contribution >= 0.6 is 22.7 Å². The molecule has 0 saturated carbocycles. The topological polar surface area (TPSA) is 64.7 Å². The molecule has 6 heteroatoms. The van der Waals surface area contributed by atoms with Crippen molar-refractivity contribution >= 4 is 27.8 Å². The number of nitrogens with zero attached hydrogens (tertiary/aromatic N) is 3. The zero-order chi connectivity index (χ0) is 13.1. The molecule has 0 aliphatic rings. The Labute approximate surface area is 119 Å². The van der Waals surface area contributed by atoms with Gasteiger partial charge in [0.15, 0.2) is 5.01 Å². The lowest BCUT2D eigenvalue weighted by Crippen LogP contribution is -1.89. The molecule has 0 bridgehead atoms. The standard InChI is InChI=1S/C13H12N4S2/c14-13-17-16-12(19-13)10-8-15-11(18-10)7-6-9-4-2-1-3-5-9/h1-5,8H,6-7H2,(H2,14,17). The predicted molar refractivity (Wildman–Crippen MR) is 79.3 cm³/mol. The monoisotopic (exact) mass is 288 g/mol. The highest BCUT2D eigenvalue weighted by molar-refractivity contribution is 7.23. The summed E-state index contributed by atoms with van der Waals surface area (Å²) in [5, 5.41) is 10.3. The average molecular weight is 288 g/mol. The third-order valence-corrected chi connectivity index (χ3v) is 4.65. The Balaban J connectivity index is 1.68. The van der Waals surface area contributed by atoms with Crippen LogP contribution in [0.15, 0.2) is 36.5 Å². The van der Waals surface area contributed by atoms with Gasteiger partial charge in [0.2, 0.25) is 5.13 Å². The van der Waals surface area contributed by atoms with Gasteiger partial charge in [0.1, 0.15) is 0 Å². The molecular weight excluding hydrogens is 276 g/mol. The smallest absolute Gasteiger partial charge is 0.203 e. The predicted octanol–water partition coefficient (Wildman–Crippen LogP) is 3.03. The molecule has 1 aromatic carbocycles. The lowest BCUT2D eigenvalue weighted by molar-refractivity contribution is 0.944. The second-order valence-electron chi connectivity index (χ2n) is 4.05. The highest BCUT2D eigenvalue weighted by Gasteiger charge is 2.09. The highest BCUT2D eigenvalue weighted by atomic mass is 32.1. The van der Waals surface area contributed by atoms with Crippen molar-refractivity contribution in [3.05, 3.63) is 47.1 Å². The summed E-state index contributed by atoms with van der Waals surface area (Å²) in [6, 6.07) is 10.4. The first kappa shape index (κ1) is 12.3. The van der Waals surface area contributed by atoms with E-state index >= 15 is 0 Å². The molecule has 3 aromatic rings. The maximum absolute atomic E-state index is 5.59. The molecule has 3 rings (SSSR count). The fourth-order valence-electron chi connectivity index (χ4n) is 1.75. The van der Waals surface area contributed by atoms with Gasteiger partial charge in [-0.2, -0.15) is 0 Å². The van der Waals surface area contributed by atoms with Crippen LogP contribution in [0.25, 0.3) is 9.88 Å². The maximum Gasteiger partial charge on any atom is 0.203 e. The quantitative estimate of drug-likeness (QED) is 0.801. The summed E-state index contributed by atoms with van der Waals surface area (Å²) in [6.07, 6.45) is 3.81. The van der Waals surface area contributed by atoms with E-state index in [0.29, 0.717) is 5.13 Å². The Hall–Kier alpha value is -1.79. The van der Waals surface area contributed by atoms with Crippen molar-refractivity contribution in [3.8, 4) is 9.88 Å². The molecule has 0 fully saturated rings. The third-order valence-electron chi connectivity index (χ3n) is 2.68. The summed E-state index contributed by atoms with van der Waals surface area (Å²) >= 11 is 3.05. The van der Waals surface area contributed by atoms with Crippen LogP contribution < -0.4 is 5.73 Å². The Kier molecular flexibility index (Phi) is 3.52. The van der Waals surface area contributed by atoms with E-state index in [9.17, 15) is 0 Å². The van der Waals surface area contributed by atoms with Crippen molar-refractivity contribution in [2.24, 2.45) is 0 Å². The minimum absolute atomic E-state index is 0.495. The Morgan fingerprint density at radius 1 is 1.00 bits per heavy atom. The molecule has 0 aliphatic heterocycles. The molecule has 0 spiro atoms. The number of aryl methyl sites for hydroxylation is 2. The lowest BCUT2D eigenvalue weighted by atomic mass is 10.1. The van der Waals surface area contributed by atoms with Crippen molar-refractivity contribution < 1.29 is 0 Å². The number of rotatable bonds is 4. The third kappa shape index (κ3) is 2.97. The molecule has 19 heavy (non-hydrogen) atoms. The van der Waals surface area contributed by atoms with Gasteiger partial charge in [-0.3, -0.25) is 0 Å². The highest BCUT2D eigenvalue weighted by Crippen LogP contribution is 2.29. The second-order valence-corrected chi connectivity index (χ2v) is 6.17. The summed E-state index contributed by atoms with van der Waals surface area (Å²) < 4.78 is 0. The molecule has 0 radical (unpaired) electrons. The SMILES string of the molecule is Nc1nnc(-c2cnc(CCc3ccccc3)s2)s1. The van der Waals surface area contributed by atoms with E-state index in [4.69, 9.17) is 5.73 Å². The number of anilines is 1. The van der Waals surface area contributed by atoms with Gasteiger partial charge in [-0.05, 0) is 12.0 Å². The first-order valence-electron chi connectivity index (χ1n) is 5.89. The van der Waals surface area contributed by atoms with Crippen LogP contribution in [-0.4, -0.2) is 15.2 Å². The lowest BCUT2D eigenvalue weighted by Gasteiger charge is -1.97. The number of benzene rings is 1. The molecule has 0 atom stereocenters. The summed E-state index contributed by atoms with van der Waals surface area (Å²) in [4.78, 5) is 5.47. The summed E-state index contributed by atoms with van der Waals surface area (Å²) in [5.41, 5.74) is 6.92. The molecule has 0 saturated heterocycles. The van der Waals surface area contributed by atoms with Crippen molar-refractivity contribution in [1.82, 2.24) is 15.2 Å². The largest absolute Gasteiger partial charge is 0.374 e. The van der Waals surface area contributed by atoms with Crippen molar-refractivity contribution in [3.63, 3.8) is 0 Å². The minimum Gasteiger partial charge on any atom is -0.374 e. The van der Waals surface area contributed by atoms with Gasteiger partial charge in [0.25, 0.3) is 0 Å². The van der Waals surface area contributed by atoms with Crippen LogP contribution in [0.5, 0.6) is 0 Å². The number of hydrogen-bond acceptors (Lipinski definition) is 6. The first-order chi connectivity index (χ1) is 9.31. The first-order valence-corrected chi connectivity index (χ1v) is 7.52. The van der Waals surface area contributed by atoms with Crippen molar-refractivity contribution in [2.75, 3.05) is 5.73 Å². The van der Waals surface area contributed by atoms with Gasteiger partial charge in [0.05, 0.1) is 9.88 Å². The van der Waals surface area contributed by atoms with E-state index in [1.54, 1.807) is 11.3 Å². The van der Waals surface area contributed by atoms with Gasteiger partial charge in [0, 0.05) is 12.6 Å². The van der Waals surface area contributed by atoms with Crippen molar-refractivity contribution in [1.29, 1.82) is 0 Å². The molecule has 4 nitrogen and oxygen atoms in total. The number of nitrogen functional groups attached to an aromatic ring is 1. The zero-order valence-electron chi connectivity index (χ0n) is 10.1. The maximum atomic E-state index is 5.59. The van der Waals surface area contributed by atoms with Crippen LogP contribution in [0.4, 0.5) is 5.13 Å². The van der Waals surface area contributed by atoms with E-state index < -0.39 is 0 Å². The molecule has 0 amide bonds. The van der Waals surface area contributed by atoms with E-state index in [1.807, 2.05) is 12.3 Å². The van der Waals surface area contributed by atoms with Crippen LogP contribution in [0.1, 0.15) is 10.6 Å². The van der Waals surface area contributed by atoms with Crippen molar-refractivity contribution in [2.45, 2.75) is 12.8 Å². The fourth-order valence-corrected chi connectivity index (χ4v) is 3.32. The molecule has 2 N–H and O–H groups in total. The Bertz CT molecular complexity index is 660. The van der Waals surface area contributed by atoms with Gasteiger partial charge >= 0.3 is 0 Å².